The van der Waals surface area contributed by atoms with Gasteiger partial charge in [-0.05, 0) is 6.92 Å². The Morgan fingerprint density at radius 1 is 1.78 bits per heavy atom. The molecule has 0 atom stereocenters. The third-order valence-corrected chi connectivity index (χ3v) is 1.73. The van der Waals surface area contributed by atoms with E-state index in [4.69, 9.17) is 0 Å². The van der Waals surface area contributed by atoms with Crippen LogP contribution in [0.4, 0.5) is 0 Å². The summed E-state index contributed by atoms with van der Waals surface area (Å²) in [4.78, 5) is 9.47. The van der Waals surface area contributed by atoms with Gasteiger partial charge in [-0.2, -0.15) is 0 Å². The SMILES string of the molecule is CN/C(C)=C(\Br)[N+](=O)[O-]. The maximum Gasteiger partial charge on any atom is 0.329 e. The molecule has 4 nitrogen and oxygen atoms in total. The molecule has 5 heteroatoms. The molecule has 52 valence electrons. The van der Waals surface area contributed by atoms with Crippen LogP contribution < -0.4 is 5.32 Å². The van der Waals surface area contributed by atoms with E-state index in [1.165, 1.54) is 0 Å². The molecule has 0 saturated carbocycles. The molecule has 0 heterocycles. The largest absolute Gasteiger partial charge is 0.386 e. The quantitative estimate of drug-likeness (QED) is 0.407. The van der Waals surface area contributed by atoms with Crippen LogP contribution in [0.15, 0.2) is 10.3 Å². The summed E-state index contributed by atoms with van der Waals surface area (Å²) in [6.45, 7) is 1.62. The van der Waals surface area contributed by atoms with Crippen LogP contribution in [0.5, 0.6) is 0 Å². The summed E-state index contributed by atoms with van der Waals surface area (Å²) in [5.41, 5.74) is 0.514. The summed E-state index contributed by atoms with van der Waals surface area (Å²) in [5.74, 6) is 0. The standard InChI is InChI=1S/C4H7BrN2O2/c1-3(6-2)4(5)7(8)9/h6H,1-2H3/b4-3+. The fourth-order valence-corrected chi connectivity index (χ4v) is 0.438. The van der Waals surface area contributed by atoms with E-state index in [1.807, 2.05) is 0 Å². The van der Waals surface area contributed by atoms with Crippen molar-refractivity contribution in [2.75, 3.05) is 7.05 Å². The molecule has 0 aliphatic heterocycles. The van der Waals surface area contributed by atoms with E-state index >= 15 is 0 Å². The first-order valence-electron chi connectivity index (χ1n) is 2.28. The monoisotopic (exact) mass is 194 g/mol. The maximum absolute atomic E-state index is 9.96. The van der Waals surface area contributed by atoms with Crippen LogP contribution in [0.2, 0.25) is 0 Å². The van der Waals surface area contributed by atoms with Crippen LogP contribution in [0, 0.1) is 10.1 Å². The third-order valence-electron chi connectivity index (χ3n) is 0.845. The minimum Gasteiger partial charge on any atom is -0.386 e. The number of rotatable bonds is 2. The van der Waals surface area contributed by atoms with E-state index in [9.17, 15) is 10.1 Å². The number of nitrogens with zero attached hydrogens (tertiary/aromatic N) is 1. The molecule has 9 heavy (non-hydrogen) atoms. The van der Waals surface area contributed by atoms with Crippen LogP contribution in [-0.4, -0.2) is 12.0 Å². The first kappa shape index (κ1) is 8.42. The molecule has 0 amide bonds. The van der Waals surface area contributed by atoms with Crippen LogP contribution in [0.25, 0.3) is 0 Å². The second-order valence-electron chi connectivity index (χ2n) is 1.42. The molecule has 0 rings (SSSR count). The molecule has 0 aromatic carbocycles. The van der Waals surface area contributed by atoms with Gasteiger partial charge in [-0.1, -0.05) is 0 Å². The molecule has 0 aromatic rings. The van der Waals surface area contributed by atoms with E-state index in [1.54, 1.807) is 14.0 Å². The highest BCUT2D eigenvalue weighted by atomic mass is 79.9. The molecule has 0 saturated heterocycles. The number of hydrogen-bond donors (Lipinski definition) is 1. The lowest BCUT2D eigenvalue weighted by atomic mass is 10.5. The third kappa shape index (κ3) is 2.46. The predicted molar refractivity (Wildman–Crippen MR) is 37.7 cm³/mol. The highest BCUT2D eigenvalue weighted by molar-refractivity contribution is 9.11. The van der Waals surface area contributed by atoms with E-state index in [-0.39, 0.29) is 4.61 Å². The lowest BCUT2D eigenvalue weighted by Crippen LogP contribution is -2.07. The van der Waals surface area contributed by atoms with E-state index in [0.717, 1.165) is 0 Å². The van der Waals surface area contributed by atoms with Crippen molar-refractivity contribution >= 4 is 15.9 Å². The summed E-state index contributed by atoms with van der Waals surface area (Å²) in [6.07, 6.45) is 0. The fourth-order valence-electron chi connectivity index (χ4n) is 0.240. The Labute approximate surface area is 61.2 Å². The van der Waals surface area contributed by atoms with Gasteiger partial charge in [-0.15, -0.1) is 0 Å². The smallest absolute Gasteiger partial charge is 0.329 e. The van der Waals surface area contributed by atoms with Gasteiger partial charge in [0.15, 0.2) is 0 Å². The van der Waals surface area contributed by atoms with Gasteiger partial charge in [-0.25, -0.2) is 0 Å². The van der Waals surface area contributed by atoms with Gasteiger partial charge >= 0.3 is 4.61 Å². The molecule has 0 spiro atoms. The van der Waals surface area contributed by atoms with Crippen molar-refractivity contribution in [2.45, 2.75) is 6.92 Å². The number of nitro groups is 1. The zero-order valence-corrected chi connectivity index (χ0v) is 6.73. The Balaban J connectivity index is 4.28. The van der Waals surface area contributed by atoms with E-state index in [0.29, 0.717) is 5.70 Å². The summed E-state index contributed by atoms with van der Waals surface area (Å²) >= 11 is 2.79. The molecule has 1 N–H and O–H groups in total. The molecular formula is C4H7BrN2O2. The van der Waals surface area contributed by atoms with Crippen molar-refractivity contribution in [3.8, 4) is 0 Å². The normalized spacial score (nSPS) is 12.3. The molecular weight excluding hydrogens is 188 g/mol. The molecule has 0 aliphatic rings. The second-order valence-corrected chi connectivity index (χ2v) is 2.17. The van der Waals surface area contributed by atoms with Gasteiger partial charge < -0.3 is 5.32 Å². The summed E-state index contributed by atoms with van der Waals surface area (Å²) in [7, 11) is 1.63. The van der Waals surface area contributed by atoms with Crippen molar-refractivity contribution < 1.29 is 4.92 Å². The number of halogens is 1. The van der Waals surface area contributed by atoms with Gasteiger partial charge in [0.25, 0.3) is 0 Å². The van der Waals surface area contributed by atoms with Crippen molar-refractivity contribution in [3.63, 3.8) is 0 Å². The summed E-state index contributed by atoms with van der Waals surface area (Å²) < 4.78 is -0.0231. The summed E-state index contributed by atoms with van der Waals surface area (Å²) in [5, 5.41) is 12.6. The highest BCUT2D eigenvalue weighted by Gasteiger charge is 2.07. The average molecular weight is 195 g/mol. The second kappa shape index (κ2) is 3.45. The van der Waals surface area contributed by atoms with Gasteiger partial charge in [0.05, 0.1) is 10.6 Å². The van der Waals surface area contributed by atoms with Crippen molar-refractivity contribution in [3.05, 3.63) is 20.4 Å². The van der Waals surface area contributed by atoms with Crippen LogP contribution in [-0.2, 0) is 0 Å². The number of allylic oxidation sites excluding steroid dienone is 1. The average Bonchev–Trinajstić information content (AvgIpc) is 1.84. The van der Waals surface area contributed by atoms with Crippen molar-refractivity contribution in [1.82, 2.24) is 5.32 Å². The lowest BCUT2D eigenvalue weighted by molar-refractivity contribution is -0.410. The van der Waals surface area contributed by atoms with E-state index < -0.39 is 4.92 Å². The summed E-state index contributed by atoms with van der Waals surface area (Å²) in [6, 6.07) is 0. The van der Waals surface area contributed by atoms with Crippen LogP contribution >= 0.6 is 15.9 Å². The Bertz CT molecular complexity index is 155. The zero-order valence-electron chi connectivity index (χ0n) is 5.14. The maximum atomic E-state index is 9.96. The number of hydrogen-bond acceptors (Lipinski definition) is 3. The fraction of sp³-hybridized carbons (Fsp3) is 0.500. The highest BCUT2D eigenvalue weighted by Crippen LogP contribution is 2.08. The Hall–Kier alpha value is -0.580. The van der Waals surface area contributed by atoms with Gasteiger partial charge in [0, 0.05) is 23.0 Å². The minimum absolute atomic E-state index is 0.0231. The molecule has 0 aromatic heterocycles. The first-order chi connectivity index (χ1) is 4.09. The van der Waals surface area contributed by atoms with Gasteiger partial charge in [-0.3, -0.25) is 10.1 Å². The Morgan fingerprint density at radius 2 is 2.22 bits per heavy atom. The zero-order chi connectivity index (χ0) is 7.44. The predicted octanol–water partition coefficient (Wildman–Crippen LogP) is 1.07. The Morgan fingerprint density at radius 3 is 2.33 bits per heavy atom. The van der Waals surface area contributed by atoms with Crippen molar-refractivity contribution in [2.24, 2.45) is 0 Å². The molecule has 0 aliphatic carbocycles. The van der Waals surface area contributed by atoms with Crippen LogP contribution in [0.1, 0.15) is 6.92 Å². The molecule has 0 fully saturated rings. The van der Waals surface area contributed by atoms with Gasteiger partial charge in [0.1, 0.15) is 0 Å². The molecule has 0 radical (unpaired) electrons. The topological polar surface area (TPSA) is 55.2 Å². The lowest BCUT2D eigenvalue weighted by Gasteiger charge is -1.94. The Kier molecular flexibility index (Phi) is 3.22. The van der Waals surface area contributed by atoms with Crippen molar-refractivity contribution in [1.29, 1.82) is 0 Å². The van der Waals surface area contributed by atoms with E-state index in [2.05, 4.69) is 21.2 Å². The minimum atomic E-state index is -0.494. The molecule has 0 unspecified atom stereocenters. The molecule has 0 bridgehead atoms. The number of nitrogens with one attached hydrogen (secondary N) is 1. The van der Waals surface area contributed by atoms with Crippen LogP contribution in [0.3, 0.4) is 0 Å². The first-order valence-corrected chi connectivity index (χ1v) is 3.07. The van der Waals surface area contributed by atoms with Gasteiger partial charge in [0.2, 0.25) is 0 Å².